The summed E-state index contributed by atoms with van der Waals surface area (Å²) in [5.41, 5.74) is 0. The zero-order chi connectivity index (χ0) is 12.3. The molecule has 3 unspecified atom stereocenters. The average Bonchev–Trinajstić information content (AvgIpc) is 2.87. The molecule has 0 aromatic heterocycles. The van der Waals surface area contributed by atoms with E-state index in [0.717, 1.165) is 23.9 Å². The van der Waals surface area contributed by atoms with E-state index in [9.17, 15) is 0 Å². The molecule has 2 fully saturated rings. The molecule has 1 aliphatic carbocycles. The lowest BCUT2D eigenvalue weighted by atomic mass is 10.0. The molecule has 1 aliphatic heterocycles. The minimum Gasteiger partial charge on any atom is -0.313 e. The van der Waals surface area contributed by atoms with Gasteiger partial charge in [0.1, 0.15) is 0 Å². The van der Waals surface area contributed by atoms with Gasteiger partial charge < -0.3 is 5.32 Å². The summed E-state index contributed by atoms with van der Waals surface area (Å²) in [6, 6.07) is 1.63. The Kier molecular flexibility index (Phi) is 4.87. The standard InChI is InChI=1S/C15H30N2/c1-12(2)10-17(11-14-7-5-9-16-14)15-8-4-6-13(15)3/h12-16H,4-11H2,1-3H3. The van der Waals surface area contributed by atoms with E-state index in [0.29, 0.717) is 0 Å². The van der Waals surface area contributed by atoms with Crippen LogP contribution in [0.4, 0.5) is 0 Å². The van der Waals surface area contributed by atoms with E-state index in [1.54, 1.807) is 0 Å². The number of nitrogens with zero attached hydrogens (tertiary/aromatic N) is 1. The first kappa shape index (κ1) is 13.4. The van der Waals surface area contributed by atoms with Gasteiger partial charge in [-0.05, 0) is 44.1 Å². The normalized spacial score (nSPS) is 34.1. The molecule has 1 saturated heterocycles. The molecule has 0 bridgehead atoms. The van der Waals surface area contributed by atoms with E-state index in [2.05, 4.69) is 31.0 Å². The second kappa shape index (κ2) is 6.19. The molecular formula is C15H30N2. The zero-order valence-electron chi connectivity index (χ0n) is 11.9. The Balaban J connectivity index is 1.91. The van der Waals surface area contributed by atoms with E-state index in [4.69, 9.17) is 0 Å². The number of hydrogen-bond acceptors (Lipinski definition) is 2. The average molecular weight is 238 g/mol. The van der Waals surface area contributed by atoms with Gasteiger partial charge in [0.05, 0.1) is 0 Å². The van der Waals surface area contributed by atoms with Gasteiger partial charge in [-0.2, -0.15) is 0 Å². The maximum atomic E-state index is 3.66. The summed E-state index contributed by atoms with van der Waals surface area (Å²) in [6.45, 7) is 11.0. The first-order valence-corrected chi connectivity index (χ1v) is 7.64. The van der Waals surface area contributed by atoms with E-state index >= 15 is 0 Å². The quantitative estimate of drug-likeness (QED) is 0.792. The van der Waals surface area contributed by atoms with Crippen molar-refractivity contribution in [2.45, 2.75) is 65.0 Å². The van der Waals surface area contributed by atoms with Crippen LogP contribution in [0.2, 0.25) is 0 Å². The van der Waals surface area contributed by atoms with Crippen LogP contribution in [0.1, 0.15) is 52.9 Å². The predicted molar refractivity (Wildman–Crippen MR) is 74.2 cm³/mol. The Labute approximate surface area is 107 Å². The highest BCUT2D eigenvalue weighted by Gasteiger charge is 2.31. The van der Waals surface area contributed by atoms with Crippen LogP contribution in [0, 0.1) is 11.8 Å². The van der Waals surface area contributed by atoms with Crippen LogP contribution in [-0.4, -0.2) is 36.6 Å². The van der Waals surface area contributed by atoms with Gasteiger partial charge in [0.25, 0.3) is 0 Å². The predicted octanol–water partition coefficient (Wildman–Crippen LogP) is 2.89. The van der Waals surface area contributed by atoms with Gasteiger partial charge in [0, 0.05) is 25.2 Å². The van der Waals surface area contributed by atoms with Gasteiger partial charge in [-0.1, -0.05) is 27.2 Å². The van der Waals surface area contributed by atoms with Crippen molar-refractivity contribution in [3.63, 3.8) is 0 Å². The van der Waals surface area contributed by atoms with Crippen LogP contribution in [0.3, 0.4) is 0 Å². The lowest BCUT2D eigenvalue weighted by Crippen LogP contribution is -2.46. The minimum atomic E-state index is 0.765. The smallest absolute Gasteiger partial charge is 0.0195 e. The molecule has 0 aromatic carbocycles. The van der Waals surface area contributed by atoms with Crippen LogP contribution < -0.4 is 5.32 Å². The van der Waals surface area contributed by atoms with Gasteiger partial charge in [-0.25, -0.2) is 0 Å². The second-order valence-electron chi connectivity index (χ2n) is 6.62. The fraction of sp³-hybridized carbons (Fsp3) is 1.00. The molecule has 2 rings (SSSR count). The summed E-state index contributed by atoms with van der Waals surface area (Å²) in [7, 11) is 0. The first-order chi connectivity index (χ1) is 8.16. The highest BCUT2D eigenvalue weighted by molar-refractivity contribution is 4.87. The van der Waals surface area contributed by atoms with Crippen molar-refractivity contribution in [2.24, 2.45) is 11.8 Å². The number of hydrogen-bond donors (Lipinski definition) is 1. The minimum absolute atomic E-state index is 0.765. The van der Waals surface area contributed by atoms with Gasteiger partial charge in [0.2, 0.25) is 0 Å². The van der Waals surface area contributed by atoms with Crippen LogP contribution in [0.25, 0.3) is 0 Å². The Morgan fingerprint density at radius 3 is 2.53 bits per heavy atom. The summed E-state index contributed by atoms with van der Waals surface area (Å²) < 4.78 is 0. The third-order valence-electron chi connectivity index (χ3n) is 4.50. The molecule has 1 N–H and O–H groups in total. The molecule has 0 radical (unpaired) electrons. The third-order valence-corrected chi connectivity index (χ3v) is 4.50. The van der Waals surface area contributed by atoms with Crippen molar-refractivity contribution < 1.29 is 0 Å². The monoisotopic (exact) mass is 238 g/mol. The molecule has 0 spiro atoms. The maximum absolute atomic E-state index is 3.66. The van der Waals surface area contributed by atoms with Crippen molar-refractivity contribution in [1.82, 2.24) is 10.2 Å². The molecule has 2 nitrogen and oxygen atoms in total. The number of rotatable bonds is 5. The summed E-state index contributed by atoms with van der Waals surface area (Å²) in [6.07, 6.45) is 7.08. The van der Waals surface area contributed by atoms with E-state index in [1.165, 1.54) is 51.7 Å². The lowest BCUT2D eigenvalue weighted by molar-refractivity contribution is 0.136. The third kappa shape index (κ3) is 3.69. The largest absolute Gasteiger partial charge is 0.313 e. The van der Waals surface area contributed by atoms with Crippen molar-refractivity contribution in [2.75, 3.05) is 19.6 Å². The van der Waals surface area contributed by atoms with Gasteiger partial charge in [0.15, 0.2) is 0 Å². The first-order valence-electron chi connectivity index (χ1n) is 7.64. The maximum Gasteiger partial charge on any atom is 0.0195 e. The molecule has 2 aliphatic rings. The Morgan fingerprint density at radius 2 is 2.00 bits per heavy atom. The van der Waals surface area contributed by atoms with E-state index in [1.807, 2.05) is 0 Å². The lowest BCUT2D eigenvalue weighted by Gasteiger charge is -2.35. The fourth-order valence-corrected chi connectivity index (χ4v) is 3.68. The molecule has 0 aromatic rings. The van der Waals surface area contributed by atoms with Crippen molar-refractivity contribution in [3.05, 3.63) is 0 Å². The van der Waals surface area contributed by atoms with Crippen molar-refractivity contribution in [3.8, 4) is 0 Å². The van der Waals surface area contributed by atoms with Crippen LogP contribution >= 0.6 is 0 Å². The highest BCUT2D eigenvalue weighted by Crippen LogP contribution is 2.30. The summed E-state index contributed by atoms with van der Waals surface area (Å²) >= 11 is 0. The van der Waals surface area contributed by atoms with Crippen molar-refractivity contribution >= 4 is 0 Å². The molecule has 1 heterocycles. The highest BCUT2D eigenvalue weighted by atomic mass is 15.2. The topological polar surface area (TPSA) is 15.3 Å². The van der Waals surface area contributed by atoms with Gasteiger partial charge >= 0.3 is 0 Å². The molecule has 17 heavy (non-hydrogen) atoms. The Bertz CT molecular complexity index is 221. The summed E-state index contributed by atoms with van der Waals surface area (Å²) in [4.78, 5) is 2.80. The van der Waals surface area contributed by atoms with Gasteiger partial charge in [-0.15, -0.1) is 0 Å². The Hall–Kier alpha value is -0.0800. The fourth-order valence-electron chi connectivity index (χ4n) is 3.68. The molecule has 2 heteroatoms. The van der Waals surface area contributed by atoms with E-state index in [-0.39, 0.29) is 0 Å². The molecule has 100 valence electrons. The summed E-state index contributed by atoms with van der Waals surface area (Å²) in [5, 5.41) is 3.66. The summed E-state index contributed by atoms with van der Waals surface area (Å²) in [5.74, 6) is 1.71. The molecular weight excluding hydrogens is 208 g/mol. The number of nitrogens with one attached hydrogen (secondary N) is 1. The van der Waals surface area contributed by atoms with Crippen molar-refractivity contribution in [1.29, 1.82) is 0 Å². The Morgan fingerprint density at radius 1 is 1.18 bits per heavy atom. The molecule has 3 atom stereocenters. The van der Waals surface area contributed by atoms with Crippen LogP contribution in [0.15, 0.2) is 0 Å². The van der Waals surface area contributed by atoms with Crippen LogP contribution in [-0.2, 0) is 0 Å². The SMILES string of the molecule is CC(C)CN(CC1CCCN1)C1CCCC1C. The zero-order valence-corrected chi connectivity index (χ0v) is 11.9. The second-order valence-corrected chi connectivity index (χ2v) is 6.62. The molecule has 0 amide bonds. The molecule has 1 saturated carbocycles. The van der Waals surface area contributed by atoms with E-state index < -0.39 is 0 Å². The van der Waals surface area contributed by atoms with Crippen LogP contribution in [0.5, 0.6) is 0 Å². The van der Waals surface area contributed by atoms with Gasteiger partial charge in [-0.3, -0.25) is 4.90 Å².